The SMILES string of the molecule is CCCCCCCCCCCCCCCCCCCc1n(CCCCCCCCCCCCCCC)cc[n+]1CCCCCCCCCCCCCCCCCC. The highest BCUT2D eigenvalue weighted by Gasteiger charge is 2.16. The number of rotatable bonds is 49. The van der Waals surface area contributed by atoms with Gasteiger partial charge in [0.2, 0.25) is 0 Å². The average Bonchev–Trinajstić information content (AvgIpc) is 3.61. The standard InChI is InChI=1S/C55H109N2/c1-4-7-10-13-16-19-22-25-27-29-30-32-35-38-41-44-47-50-55-56(51-48-45-42-39-36-33-24-21-18-15-12-9-6-3)53-54-57(55)52-49-46-43-40-37-34-31-28-26-23-20-17-14-11-8-5-2/h53-54H,4-52H2,1-3H3/q+1. The maximum absolute atomic E-state index is 2.67. The first-order valence-electron chi connectivity index (χ1n) is 27.4. The van der Waals surface area contributed by atoms with Crippen LogP contribution in [0.25, 0.3) is 0 Å². The largest absolute Gasteiger partial charge is 0.256 e. The van der Waals surface area contributed by atoms with Crippen molar-refractivity contribution in [2.24, 2.45) is 0 Å². The summed E-state index contributed by atoms with van der Waals surface area (Å²) in [6.07, 6.45) is 72.8. The predicted octanol–water partition coefficient (Wildman–Crippen LogP) is 19.3. The third-order valence-electron chi connectivity index (χ3n) is 13.3. The van der Waals surface area contributed by atoms with E-state index in [-0.39, 0.29) is 0 Å². The average molecular weight is 798 g/mol. The van der Waals surface area contributed by atoms with Crippen molar-refractivity contribution in [2.45, 2.75) is 336 Å². The summed E-state index contributed by atoms with van der Waals surface area (Å²) < 4.78 is 5.33. The van der Waals surface area contributed by atoms with E-state index in [4.69, 9.17) is 0 Å². The van der Waals surface area contributed by atoms with Crippen LogP contribution >= 0.6 is 0 Å². The maximum atomic E-state index is 2.67. The van der Waals surface area contributed by atoms with Gasteiger partial charge >= 0.3 is 0 Å². The minimum atomic E-state index is 1.23. The van der Waals surface area contributed by atoms with Crippen molar-refractivity contribution in [1.29, 1.82) is 0 Å². The Bertz CT molecular complexity index is 872. The van der Waals surface area contributed by atoms with Crippen molar-refractivity contribution >= 4 is 0 Å². The van der Waals surface area contributed by atoms with Gasteiger partial charge in [0.05, 0.1) is 13.1 Å². The van der Waals surface area contributed by atoms with Gasteiger partial charge < -0.3 is 0 Å². The third-order valence-corrected chi connectivity index (χ3v) is 13.3. The molecule has 0 saturated heterocycles. The molecule has 2 heteroatoms. The summed E-state index contributed by atoms with van der Waals surface area (Å²) in [6.45, 7) is 9.42. The van der Waals surface area contributed by atoms with Gasteiger partial charge in [-0.25, -0.2) is 9.13 Å². The van der Waals surface area contributed by atoms with Crippen LogP contribution in [0.5, 0.6) is 0 Å². The predicted molar refractivity (Wildman–Crippen MR) is 258 cm³/mol. The highest BCUT2D eigenvalue weighted by molar-refractivity contribution is 4.84. The second kappa shape index (κ2) is 46.3. The number of imidazole rings is 1. The molecule has 0 unspecified atom stereocenters. The number of aryl methyl sites for hydroxylation is 2. The van der Waals surface area contributed by atoms with E-state index in [1.807, 2.05) is 0 Å². The number of hydrogen-bond acceptors (Lipinski definition) is 0. The Morgan fingerprint density at radius 2 is 0.544 bits per heavy atom. The first kappa shape index (κ1) is 54.2. The summed E-state index contributed by atoms with van der Waals surface area (Å²) in [5.41, 5.74) is 0. The molecule has 0 aromatic carbocycles. The quantitative estimate of drug-likeness (QED) is 0.0459. The van der Waals surface area contributed by atoms with Gasteiger partial charge in [0.25, 0.3) is 5.82 Å². The maximum Gasteiger partial charge on any atom is 0.256 e. The molecule has 1 aromatic rings. The van der Waals surface area contributed by atoms with Crippen LogP contribution in [0, 0.1) is 0 Å². The first-order chi connectivity index (χ1) is 28.3. The second-order valence-corrected chi connectivity index (χ2v) is 19.1. The van der Waals surface area contributed by atoms with Gasteiger partial charge in [-0.15, -0.1) is 0 Å². The molecule has 0 bridgehead atoms. The van der Waals surface area contributed by atoms with Crippen LogP contribution in [0.1, 0.15) is 322 Å². The highest BCUT2D eigenvalue weighted by atomic mass is 15.1. The second-order valence-electron chi connectivity index (χ2n) is 19.1. The zero-order valence-electron chi connectivity index (χ0n) is 40.2. The molecular weight excluding hydrogens is 689 g/mol. The number of unbranched alkanes of at least 4 members (excludes halogenated alkanes) is 43. The van der Waals surface area contributed by atoms with E-state index < -0.39 is 0 Å². The Hall–Kier alpha value is -0.790. The summed E-state index contributed by atoms with van der Waals surface area (Å²) in [5, 5.41) is 0. The van der Waals surface area contributed by atoms with E-state index in [0.717, 1.165) is 0 Å². The third kappa shape index (κ3) is 37.9. The van der Waals surface area contributed by atoms with Gasteiger partial charge in [-0.1, -0.05) is 284 Å². The van der Waals surface area contributed by atoms with Crippen molar-refractivity contribution in [2.75, 3.05) is 0 Å². The molecule has 0 aliphatic rings. The first-order valence-corrected chi connectivity index (χ1v) is 27.4. The number of nitrogens with zero attached hydrogens (tertiary/aromatic N) is 2. The normalized spacial score (nSPS) is 11.7. The van der Waals surface area contributed by atoms with Crippen LogP contribution in [0.15, 0.2) is 12.4 Å². The lowest BCUT2D eigenvalue weighted by Crippen LogP contribution is -2.37. The molecule has 0 amide bonds. The molecule has 0 atom stereocenters. The van der Waals surface area contributed by atoms with E-state index in [1.54, 1.807) is 5.82 Å². The van der Waals surface area contributed by atoms with Crippen molar-refractivity contribution in [3.63, 3.8) is 0 Å². The molecule has 1 heterocycles. The van der Waals surface area contributed by atoms with Crippen molar-refractivity contribution in [3.05, 3.63) is 18.2 Å². The van der Waals surface area contributed by atoms with E-state index in [2.05, 4.69) is 42.3 Å². The van der Waals surface area contributed by atoms with Crippen LogP contribution in [-0.4, -0.2) is 4.57 Å². The molecule has 1 aromatic heterocycles. The lowest BCUT2D eigenvalue weighted by atomic mass is 10.0. The molecule has 0 spiro atoms. The Kier molecular flexibility index (Phi) is 44.0. The topological polar surface area (TPSA) is 8.81 Å². The fourth-order valence-electron chi connectivity index (χ4n) is 9.33. The Labute approximate surface area is 361 Å². The van der Waals surface area contributed by atoms with E-state index in [0.29, 0.717) is 0 Å². The molecule has 57 heavy (non-hydrogen) atoms. The Balaban J connectivity index is 2.24. The fraction of sp³-hybridized carbons (Fsp3) is 0.945. The van der Waals surface area contributed by atoms with Crippen molar-refractivity contribution in [1.82, 2.24) is 4.57 Å². The summed E-state index contributed by atoms with van der Waals surface area (Å²) in [7, 11) is 0. The summed E-state index contributed by atoms with van der Waals surface area (Å²) in [6, 6.07) is 0. The monoisotopic (exact) mass is 798 g/mol. The Morgan fingerprint density at radius 3 is 0.842 bits per heavy atom. The van der Waals surface area contributed by atoms with Gasteiger partial charge in [0.1, 0.15) is 12.4 Å². The van der Waals surface area contributed by atoms with Crippen LogP contribution in [0.3, 0.4) is 0 Å². The van der Waals surface area contributed by atoms with Crippen molar-refractivity contribution < 1.29 is 4.57 Å². The smallest absolute Gasteiger partial charge is 0.234 e. The fourth-order valence-corrected chi connectivity index (χ4v) is 9.33. The van der Waals surface area contributed by atoms with Gasteiger partial charge in [0.15, 0.2) is 0 Å². The van der Waals surface area contributed by atoms with Crippen LogP contribution < -0.4 is 4.57 Å². The van der Waals surface area contributed by atoms with Crippen LogP contribution in [0.2, 0.25) is 0 Å². The molecule has 0 radical (unpaired) electrons. The molecule has 338 valence electrons. The lowest BCUT2D eigenvalue weighted by molar-refractivity contribution is -0.704. The van der Waals surface area contributed by atoms with Crippen molar-refractivity contribution in [3.8, 4) is 0 Å². The minimum Gasteiger partial charge on any atom is -0.234 e. The zero-order valence-corrected chi connectivity index (χ0v) is 40.2. The zero-order chi connectivity index (χ0) is 40.8. The Morgan fingerprint density at radius 1 is 0.298 bits per heavy atom. The molecule has 0 aliphatic heterocycles. The van der Waals surface area contributed by atoms with E-state index in [9.17, 15) is 0 Å². The number of aromatic nitrogens is 2. The molecule has 2 nitrogen and oxygen atoms in total. The van der Waals surface area contributed by atoms with E-state index in [1.165, 1.54) is 315 Å². The lowest BCUT2D eigenvalue weighted by Gasteiger charge is -2.07. The van der Waals surface area contributed by atoms with Crippen LogP contribution in [-0.2, 0) is 19.5 Å². The molecule has 0 aliphatic carbocycles. The van der Waals surface area contributed by atoms with E-state index >= 15 is 0 Å². The van der Waals surface area contributed by atoms with Gasteiger partial charge in [-0.05, 0) is 32.1 Å². The minimum absolute atomic E-state index is 1.23. The molecular formula is C55H109N2+. The summed E-state index contributed by atoms with van der Waals surface area (Å²) in [5.74, 6) is 1.64. The molecule has 0 fully saturated rings. The molecule has 0 saturated carbocycles. The molecule has 1 rings (SSSR count). The molecule has 0 N–H and O–H groups in total. The van der Waals surface area contributed by atoms with Crippen LogP contribution in [0.4, 0.5) is 0 Å². The van der Waals surface area contributed by atoms with Gasteiger partial charge in [0, 0.05) is 6.42 Å². The number of hydrogen-bond donors (Lipinski definition) is 0. The van der Waals surface area contributed by atoms with Gasteiger partial charge in [-0.3, -0.25) is 0 Å². The summed E-state index contributed by atoms with van der Waals surface area (Å²) in [4.78, 5) is 0. The van der Waals surface area contributed by atoms with Gasteiger partial charge in [-0.2, -0.15) is 0 Å². The highest BCUT2D eigenvalue weighted by Crippen LogP contribution is 2.18. The summed E-state index contributed by atoms with van der Waals surface area (Å²) >= 11 is 0.